The molecule has 0 saturated heterocycles. The molecule has 7 heteroatoms. The summed E-state index contributed by atoms with van der Waals surface area (Å²) >= 11 is 1.60. The van der Waals surface area contributed by atoms with Crippen molar-refractivity contribution < 1.29 is 14.3 Å². The van der Waals surface area contributed by atoms with Crippen LogP contribution in [0.4, 0.5) is 0 Å². The van der Waals surface area contributed by atoms with Crippen molar-refractivity contribution in [1.29, 1.82) is 0 Å². The first-order chi connectivity index (χ1) is 13.1. The van der Waals surface area contributed by atoms with E-state index in [-0.39, 0.29) is 17.9 Å². The number of hydrogen-bond acceptors (Lipinski definition) is 6. The molecule has 1 aliphatic carbocycles. The highest BCUT2D eigenvalue weighted by atomic mass is 32.1. The number of hydrogen-bond donors (Lipinski definition) is 0. The maximum atomic E-state index is 13.0. The quantitative estimate of drug-likeness (QED) is 0.632. The standard InChI is InChI=1S/C20H20N2O4S/c1-25-12-7-8-13(16(9-12)26-2)15(23)10-22-11-21-19-18(20(22)24)14-5-3-4-6-17(14)27-19/h7-9,11H,3-6,10H2,1-2H3. The summed E-state index contributed by atoms with van der Waals surface area (Å²) in [5.74, 6) is 0.824. The Hall–Kier alpha value is -2.67. The van der Waals surface area contributed by atoms with Gasteiger partial charge in [-0.05, 0) is 43.4 Å². The molecule has 0 atom stereocenters. The molecule has 2 aromatic heterocycles. The van der Waals surface area contributed by atoms with Crippen LogP contribution in [0.25, 0.3) is 10.2 Å². The van der Waals surface area contributed by atoms with Gasteiger partial charge in [0.1, 0.15) is 16.3 Å². The Morgan fingerprint density at radius 3 is 2.81 bits per heavy atom. The van der Waals surface area contributed by atoms with E-state index in [2.05, 4.69) is 4.98 Å². The lowest BCUT2D eigenvalue weighted by Gasteiger charge is -2.11. The molecule has 0 radical (unpaired) electrons. The minimum Gasteiger partial charge on any atom is -0.497 e. The summed E-state index contributed by atoms with van der Waals surface area (Å²) in [6, 6.07) is 5.02. The van der Waals surface area contributed by atoms with Crippen LogP contribution in [0.3, 0.4) is 0 Å². The van der Waals surface area contributed by atoms with Gasteiger partial charge in [-0.3, -0.25) is 14.2 Å². The minimum absolute atomic E-state index is 0.0743. The molecule has 0 saturated carbocycles. The van der Waals surface area contributed by atoms with Gasteiger partial charge in [0.25, 0.3) is 5.56 Å². The lowest BCUT2D eigenvalue weighted by Crippen LogP contribution is -2.25. The Labute approximate surface area is 160 Å². The Morgan fingerprint density at radius 2 is 2.04 bits per heavy atom. The van der Waals surface area contributed by atoms with Gasteiger partial charge in [0.05, 0.1) is 38.0 Å². The number of aryl methyl sites for hydroxylation is 2. The van der Waals surface area contributed by atoms with Crippen molar-refractivity contribution >= 4 is 27.3 Å². The number of methoxy groups -OCH3 is 2. The predicted octanol–water partition coefficient (Wildman–Crippen LogP) is 3.24. The van der Waals surface area contributed by atoms with Gasteiger partial charge in [-0.1, -0.05) is 0 Å². The molecule has 0 fully saturated rings. The van der Waals surface area contributed by atoms with E-state index in [1.54, 1.807) is 36.6 Å². The lowest BCUT2D eigenvalue weighted by atomic mass is 9.97. The largest absolute Gasteiger partial charge is 0.497 e. The van der Waals surface area contributed by atoms with Crippen LogP contribution >= 0.6 is 11.3 Å². The van der Waals surface area contributed by atoms with Gasteiger partial charge in [0.15, 0.2) is 5.78 Å². The molecule has 0 unspecified atom stereocenters. The molecule has 140 valence electrons. The number of ether oxygens (including phenoxy) is 2. The van der Waals surface area contributed by atoms with Crippen LogP contribution in [-0.2, 0) is 19.4 Å². The summed E-state index contributed by atoms with van der Waals surface area (Å²) in [4.78, 5) is 32.3. The molecule has 2 heterocycles. The second-order valence-electron chi connectivity index (χ2n) is 6.56. The second-order valence-corrected chi connectivity index (χ2v) is 7.64. The zero-order valence-corrected chi connectivity index (χ0v) is 16.1. The van der Waals surface area contributed by atoms with Crippen LogP contribution in [0.15, 0.2) is 29.3 Å². The van der Waals surface area contributed by atoms with Gasteiger partial charge in [0, 0.05) is 10.9 Å². The Balaban J connectivity index is 1.70. The molecule has 0 spiro atoms. The Morgan fingerprint density at radius 1 is 1.22 bits per heavy atom. The number of aromatic nitrogens is 2. The fraction of sp³-hybridized carbons (Fsp3) is 0.350. The monoisotopic (exact) mass is 384 g/mol. The van der Waals surface area contributed by atoms with Crippen molar-refractivity contribution in [1.82, 2.24) is 9.55 Å². The molecule has 3 aromatic rings. The number of ketones is 1. The highest BCUT2D eigenvalue weighted by Crippen LogP contribution is 2.33. The van der Waals surface area contributed by atoms with Crippen molar-refractivity contribution in [2.75, 3.05) is 14.2 Å². The maximum Gasteiger partial charge on any atom is 0.262 e. The number of nitrogens with zero attached hydrogens (tertiary/aromatic N) is 2. The summed E-state index contributed by atoms with van der Waals surface area (Å²) in [6.07, 6.45) is 5.65. The van der Waals surface area contributed by atoms with E-state index in [1.807, 2.05) is 0 Å². The summed E-state index contributed by atoms with van der Waals surface area (Å²) < 4.78 is 11.9. The van der Waals surface area contributed by atoms with Gasteiger partial charge in [-0.25, -0.2) is 4.98 Å². The zero-order chi connectivity index (χ0) is 19.0. The summed E-state index contributed by atoms with van der Waals surface area (Å²) in [5.41, 5.74) is 1.40. The van der Waals surface area contributed by atoms with Crippen LogP contribution < -0.4 is 15.0 Å². The Kier molecular flexibility index (Phi) is 4.70. The summed E-state index contributed by atoms with van der Waals surface area (Å²) in [7, 11) is 3.06. The second kappa shape index (κ2) is 7.15. The Bertz CT molecular complexity index is 1080. The molecular formula is C20H20N2O4S. The van der Waals surface area contributed by atoms with E-state index in [0.29, 0.717) is 22.4 Å². The molecule has 1 aliphatic rings. The van der Waals surface area contributed by atoms with E-state index in [0.717, 1.165) is 36.1 Å². The normalized spacial score (nSPS) is 13.4. The number of Topliss-reactive ketones (excluding diaryl/α,β-unsaturated/α-hetero) is 1. The van der Waals surface area contributed by atoms with Crippen molar-refractivity contribution in [2.45, 2.75) is 32.2 Å². The fourth-order valence-electron chi connectivity index (χ4n) is 3.56. The first-order valence-electron chi connectivity index (χ1n) is 8.87. The topological polar surface area (TPSA) is 70.4 Å². The lowest BCUT2D eigenvalue weighted by molar-refractivity contribution is 0.0967. The number of thiophene rings is 1. The molecule has 0 amide bonds. The third-order valence-electron chi connectivity index (χ3n) is 4.96. The SMILES string of the molecule is COc1ccc(C(=O)Cn2cnc3sc4c(c3c2=O)CCCC4)c(OC)c1. The van der Waals surface area contributed by atoms with Gasteiger partial charge in [-0.15, -0.1) is 11.3 Å². The zero-order valence-electron chi connectivity index (χ0n) is 15.3. The van der Waals surface area contributed by atoms with Gasteiger partial charge < -0.3 is 9.47 Å². The molecule has 0 N–H and O–H groups in total. The summed E-state index contributed by atoms with van der Waals surface area (Å²) in [6.45, 7) is -0.0743. The number of carbonyl (C=O) groups excluding carboxylic acids is 1. The predicted molar refractivity (Wildman–Crippen MR) is 104 cm³/mol. The highest BCUT2D eigenvalue weighted by molar-refractivity contribution is 7.18. The molecule has 1 aromatic carbocycles. The van der Waals surface area contributed by atoms with E-state index >= 15 is 0 Å². The number of carbonyl (C=O) groups is 1. The third-order valence-corrected chi connectivity index (χ3v) is 6.16. The maximum absolute atomic E-state index is 13.0. The molecule has 0 bridgehead atoms. The van der Waals surface area contributed by atoms with Gasteiger partial charge in [0.2, 0.25) is 0 Å². The molecule has 4 rings (SSSR count). The van der Waals surface area contributed by atoms with Crippen LogP contribution in [0.1, 0.15) is 33.6 Å². The number of rotatable bonds is 5. The van der Waals surface area contributed by atoms with E-state index in [1.165, 1.54) is 22.9 Å². The van der Waals surface area contributed by atoms with Crippen LogP contribution in [0.5, 0.6) is 11.5 Å². The van der Waals surface area contributed by atoms with Crippen molar-refractivity contribution in [3.8, 4) is 11.5 Å². The first kappa shape index (κ1) is 17.7. The van der Waals surface area contributed by atoms with Crippen molar-refractivity contribution in [3.05, 3.63) is 50.9 Å². The van der Waals surface area contributed by atoms with E-state index in [9.17, 15) is 9.59 Å². The first-order valence-corrected chi connectivity index (χ1v) is 9.69. The smallest absolute Gasteiger partial charge is 0.262 e. The van der Waals surface area contributed by atoms with Crippen LogP contribution in [0.2, 0.25) is 0 Å². The molecule has 6 nitrogen and oxygen atoms in total. The van der Waals surface area contributed by atoms with Gasteiger partial charge >= 0.3 is 0 Å². The van der Waals surface area contributed by atoms with E-state index in [4.69, 9.17) is 9.47 Å². The number of fused-ring (bicyclic) bond motifs is 3. The van der Waals surface area contributed by atoms with Gasteiger partial charge in [-0.2, -0.15) is 0 Å². The van der Waals surface area contributed by atoms with Crippen LogP contribution in [-0.4, -0.2) is 29.6 Å². The fourth-order valence-corrected chi connectivity index (χ4v) is 4.78. The molecule has 27 heavy (non-hydrogen) atoms. The average molecular weight is 384 g/mol. The summed E-state index contributed by atoms with van der Waals surface area (Å²) in [5, 5.41) is 0.687. The molecule has 0 aliphatic heterocycles. The van der Waals surface area contributed by atoms with Crippen molar-refractivity contribution in [3.63, 3.8) is 0 Å². The minimum atomic E-state index is -0.207. The van der Waals surface area contributed by atoms with Crippen LogP contribution in [0, 0.1) is 0 Å². The number of benzene rings is 1. The van der Waals surface area contributed by atoms with E-state index < -0.39 is 0 Å². The highest BCUT2D eigenvalue weighted by Gasteiger charge is 2.21. The average Bonchev–Trinajstić information content (AvgIpc) is 3.08. The molecular weight excluding hydrogens is 364 g/mol. The third kappa shape index (κ3) is 3.12. The van der Waals surface area contributed by atoms with Crippen molar-refractivity contribution in [2.24, 2.45) is 0 Å².